The van der Waals surface area contributed by atoms with Gasteiger partial charge in [-0.05, 0) is 28.6 Å². The van der Waals surface area contributed by atoms with Crippen molar-refractivity contribution in [1.82, 2.24) is 0 Å². The molecule has 2 N–H and O–H groups in total. The molecule has 3 rings (SSSR count). The third kappa shape index (κ3) is 2.51. The van der Waals surface area contributed by atoms with Crippen molar-refractivity contribution >= 4 is 34.0 Å². The molecule has 21 heavy (non-hydrogen) atoms. The van der Waals surface area contributed by atoms with Gasteiger partial charge in [-0.25, -0.2) is 4.39 Å². The number of benzene rings is 3. The highest BCUT2D eigenvalue weighted by atomic mass is 35.5. The van der Waals surface area contributed by atoms with Gasteiger partial charge in [-0.2, -0.15) is 0 Å². The van der Waals surface area contributed by atoms with Gasteiger partial charge in [-0.1, -0.05) is 65.7 Å². The van der Waals surface area contributed by atoms with Gasteiger partial charge in [0.1, 0.15) is 5.82 Å². The zero-order valence-electron chi connectivity index (χ0n) is 11.0. The maximum Gasteiger partial charge on any atom is 0.142 e. The Kier molecular flexibility index (Phi) is 3.85. The van der Waals surface area contributed by atoms with E-state index in [1.165, 1.54) is 6.07 Å². The van der Waals surface area contributed by atoms with Crippen LogP contribution in [-0.4, -0.2) is 0 Å². The molecule has 4 heteroatoms. The minimum atomic E-state index is -0.518. The van der Waals surface area contributed by atoms with Gasteiger partial charge in [-0.3, -0.25) is 0 Å². The lowest BCUT2D eigenvalue weighted by atomic mass is 9.94. The van der Waals surface area contributed by atoms with Crippen molar-refractivity contribution in [2.24, 2.45) is 5.73 Å². The molecule has 0 aromatic heterocycles. The molecule has 0 aliphatic rings. The third-order valence-corrected chi connectivity index (χ3v) is 4.28. The van der Waals surface area contributed by atoms with Gasteiger partial charge in [0.2, 0.25) is 0 Å². The number of rotatable bonds is 2. The third-order valence-electron chi connectivity index (χ3n) is 3.56. The summed E-state index contributed by atoms with van der Waals surface area (Å²) < 4.78 is 13.6. The minimum Gasteiger partial charge on any atom is -0.320 e. The first kappa shape index (κ1) is 14.3. The molecule has 0 heterocycles. The standard InChI is InChI=1S/C17H12Cl2FN/c18-14-9-8-12(10-4-1-2-5-11(10)14)17(21)13-6-3-7-15(20)16(13)19/h1-9,17H,21H2. The lowest BCUT2D eigenvalue weighted by molar-refractivity contribution is 0.624. The smallest absolute Gasteiger partial charge is 0.142 e. The number of halogens is 3. The van der Waals surface area contributed by atoms with E-state index in [-0.39, 0.29) is 5.02 Å². The molecular weight excluding hydrogens is 308 g/mol. The van der Waals surface area contributed by atoms with E-state index in [0.29, 0.717) is 10.6 Å². The van der Waals surface area contributed by atoms with Crippen LogP contribution in [0.2, 0.25) is 10.0 Å². The molecule has 0 aliphatic heterocycles. The summed E-state index contributed by atoms with van der Waals surface area (Å²) in [5.74, 6) is -0.470. The van der Waals surface area contributed by atoms with Crippen LogP contribution in [0.25, 0.3) is 10.8 Å². The van der Waals surface area contributed by atoms with Crippen molar-refractivity contribution in [2.75, 3.05) is 0 Å². The summed E-state index contributed by atoms with van der Waals surface area (Å²) in [5, 5.41) is 2.58. The lowest BCUT2D eigenvalue weighted by Gasteiger charge is -2.17. The molecular formula is C17H12Cl2FN. The van der Waals surface area contributed by atoms with Crippen molar-refractivity contribution in [1.29, 1.82) is 0 Å². The molecule has 0 bridgehead atoms. The Morgan fingerprint density at radius 3 is 2.29 bits per heavy atom. The van der Waals surface area contributed by atoms with Crippen molar-refractivity contribution in [3.8, 4) is 0 Å². The predicted molar refractivity (Wildman–Crippen MR) is 86.4 cm³/mol. The van der Waals surface area contributed by atoms with Crippen LogP contribution in [0.4, 0.5) is 4.39 Å². The fourth-order valence-electron chi connectivity index (χ4n) is 2.49. The van der Waals surface area contributed by atoms with Crippen LogP contribution in [0.15, 0.2) is 54.6 Å². The van der Waals surface area contributed by atoms with Crippen LogP contribution in [0.3, 0.4) is 0 Å². The summed E-state index contributed by atoms with van der Waals surface area (Å²) in [7, 11) is 0. The van der Waals surface area contributed by atoms with Crippen LogP contribution in [0.5, 0.6) is 0 Å². The van der Waals surface area contributed by atoms with Crippen LogP contribution in [0.1, 0.15) is 17.2 Å². The van der Waals surface area contributed by atoms with Crippen molar-refractivity contribution in [2.45, 2.75) is 6.04 Å². The van der Waals surface area contributed by atoms with E-state index >= 15 is 0 Å². The summed E-state index contributed by atoms with van der Waals surface area (Å²) in [6.07, 6.45) is 0. The van der Waals surface area contributed by atoms with Gasteiger partial charge in [0, 0.05) is 10.4 Å². The fourth-order valence-corrected chi connectivity index (χ4v) is 2.96. The molecule has 0 saturated carbocycles. The Balaban J connectivity index is 2.21. The molecule has 0 spiro atoms. The molecule has 1 nitrogen and oxygen atoms in total. The Morgan fingerprint density at radius 1 is 0.810 bits per heavy atom. The zero-order valence-corrected chi connectivity index (χ0v) is 12.5. The van der Waals surface area contributed by atoms with E-state index in [1.54, 1.807) is 18.2 Å². The topological polar surface area (TPSA) is 26.0 Å². The first-order valence-corrected chi connectivity index (χ1v) is 7.22. The van der Waals surface area contributed by atoms with Crippen molar-refractivity contribution < 1.29 is 4.39 Å². The van der Waals surface area contributed by atoms with Crippen molar-refractivity contribution in [3.05, 3.63) is 81.6 Å². The molecule has 0 saturated heterocycles. The average molecular weight is 320 g/mol. The molecule has 3 aromatic carbocycles. The molecule has 0 fully saturated rings. The molecule has 106 valence electrons. The first-order valence-electron chi connectivity index (χ1n) is 6.46. The average Bonchev–Trinajstić information content (AvgIpc) is 2.50. The van der Waals surface area contributed by atoms with E-state index in [2.05, 4.69) is 0 Å². The monoisotopic (exact) mass is 319 g/mol. The quantitative estimate of drug-likeness (QED) is 0.678. The summed E-state index contributed by atoms with van der Waals surface area (Å²) in [4.78, 5) is 0. The van der Waals surface area contributed by atoms with E-state index < -0.39 is 11.9 Å². The summed E-state index contributed by atoms with van der Waals surface area (Å²) in [6.45, 7) is 0. The van der Waals surface area contributed by atoms with E-state index in [9.17, 15) is 4.39 Å². The van der Waals surface area contributed by atoms with Gasteiger partial charge in [0.25, 0.3) is 0 Å². The number of hydrogen-bond donors (Lipinski definition) is 1. The summed E-state index contributed by atoms with van der Waals surface area (Å²) in [6, 6.07) is 15.5. The number of fused-ring (bicyclic) bond motifs is 1. The lowest BCUT2D eigenvalue weighted by Crippen LogP contribution is -2.13. The van der Waals surface area contributed by atoms with E-state index in [4.69, 9.17) is 28.9 Å². The predicted octanol–water partition coefficient (Wildman–Crippen LogP) is 5.33. The Labute approximate surface area is 132 Å². The van der Waals surface area contributed by atoms with Gasteiger partial charge in [0.05, 0.1) is 11.1 Å². The Bertz CT molecular complexity index is 817. The van der Waals surface area contributed by atoms with Crippen molar-refractivity contribution in [3.63, 3.8) is 0 Å². The highest BCUT2D eigenvalue weighted by Gasteiger charge is 2.17. The Morgan fingerprint density at radius 2 is 1.52 bits per heavy atom. The van der Waals surface area contributed by atoms with Crippen LogP contribution in [-0.2, 0) is 0 Å². The molecule has 1 unspecified atom stereocenters. The minimum absolute atomic E-state index is 0.0593. The van der Waals surface area contributed by atoms with Crippen LogP contribution >= 0.6 is 23.2 Å². The van der Waals surface area contributed by atoms with Gasteiger partial charge < -0.3 is 5.73 Å². The molecule has 1 atom stereocenters. The summed E-state index contributed by atoms with van der Waals surface area (Å²) >= 11 is 12.2. The number of hydrogen-bond acceptors (Lipinski definition) is 1. The highest BCUT2D eigenvalue weighted by molar-refractivity contribution is 6.35. The maximum atomic E-state index is 13.6. The normalized spacial score (nSPS) is 12.6. The van der Waals surface area contributed by atoms with Gasteiger partial charge in [-0.15, -0.1) is 0 Å². The van der Waals surface area contributed by atoms with Crippen LogP contribution in [0, 0.1) is 5.82 Å². The van der Waals surface area contributed by atoms with E-state index in [0.717, 1.165) is 16.3 Å². The first-order chi connectivity index (χ1) is 10.1. The summed E-state index contributed by atoms with van der Waals surface area (Å²) in [5.41, 5.74) is 7.73. The molecule has 0 aliphatic carbocycles. The molecule has 3 aromatic rings. The second kappa shape index (κ2) is 5.64. The maximum absolute atomic E-state index is 13.6. The second-order valence-electron chi connectivity index (χ2n) is 4.80. The SMILES string of the molecule is NC(c1cccc(F)c1Cl)c1ccc(Cl)c2ccccc12. The molecule has 0 amide bonds. The van der Waals surface area contributed by atoms with E-state index in [1.807, 2.05) is 30.3 Å². The Hall–Kier alpha value is -1.61. The fraction of sp³-hybridized carbons (Fsp3) is 0.0588. The van der Waals surface area contributed by atoms with Gasteiger partial charge >= 0.3 is 0 Å². The van der Waals surface area contributed by atoms with Crippen LogP contribution < -0.4 is 5.73 Å². The zero-order chi connectivity index (χ0) is 15.0. The molecule has 0 radical (unpaired) electrons. The van der Waals surface area contributed by atoms with Gasteiger partial charge in [0.15, 0.2) is 0 Å². The highest BCUT2D eigenvalue weighted by Crippen LogP contribution is 2.34. The second-order valence-corrected chi connectivity index (χ2v) is 5.59. The largest absolute Gasteiger partial charge is 0.320 e. The number of nitrogens with two attached hydrogens (primary N) is 1.